The third-order valence-corrected chi connectivity index (χ3v) is 2.05. The number of oxime groups is 1. The highest BCUT2D eigenvalue weighted by atomic mass is 16.7. The molecule has 0 aliphatic heterocycles. The molecule has 0 unspecified atom stereocenters. The number of nitro benzene ring substituents is 1. The normalized spacial score (nSPS) is 11.5. The Balaban J connectivity index is 2.63. The van der Waals surface area contributed by atoms with Gasteiger partial charge in [0.2, 0.25) is 0 Å². The van der Waals surface area contributed by atoms with E-state index in [1.54, 1.807) is 20.8 Å². The molecule has 0 amide bonds. The van der Waals surface area contributed by atoms with Gasteiger partial charge in [-0.05, 0) is 38.5 Å². The van der Waals surface area contributed by atoms with E-state index in [2.05, 4.69) is 9.99 Å². The molecule has 0 radical (unpaired) electrons. The molecule has 0 spiro atoms. The van der Waals surface area contributed by atoms with Crippen molar-refractivity contribution in [2.45, 2.75) is 20.8 Å². The summed E-state index contributed by atoms with van der Waals surface area (Å²) >= 11 is 0. The van der Waals surface area contributed by atoms with E-state index in [-0.39, 0.29) is 5.69 Å². The lowest BCUT2D eigenvalue weighted by Gasteiger charge is -2.12. The van der Waals surface area contributed by atoms with Gasteiger partial charge in [-0.25, -0.2) is 4.79 Å². The Bertz CT molecular complexity index is 472. The summed E-state index contributed by atoms with van der Waals surface area (Å²) in [4.78, 5) is 26.0. The minimum atomic E-state index is -0.618. The highest BCUT2D eigenvalue weighted by Crippen LogP contribution is 2.15. The average Bonchev–Trinajstić information content (AvgIpc) is 2.28. The number of rotatable bonds is 3. The van der Waals surface area contributed by atoms with Crippen LogP contribution in [0.5, 0.6) is 0 Å². The molecule has 1 aromatic rings. The van der Waals surface area contributed by atoms with Crippen LogP contribution >= 0.6 is 0 Å². The molecular formula is C12H14N2O4. The van der Waals surface area contributed by atoms with Gasteiger partial charge in [-0.15, -0.1) is 0 Å². The van der Waals surface area contributed by atoms with E-state index < -0.39 is 16.3 Å². The molecule has 0 aliphatic rings. The second kappa shape index (κ2) is 5.39. The van der Waals surface area contributed by atoms with Crippen molar-refractivity contribution >= 4 is 17.9 Å². The molecule has 18 heavy (non-hydrogen) atoms. The van der Waals surface area contributed by atoms with Gasteiger partial charge in [-0.3, -0.25) is 10.1 Å². The van der Waals surface area contributed by atoms with E-state index in [9.17, 15) is 14.9 Å². The summed E-state index contributed by atoms with van der Waals surface area (Å²) < 4.78 is 0. The number of nitro groups is 1. The molecule has 6 nitrogen and oxygen atoms in total. The first kappa shape index (κ1) is 13.8. The van der Waals surface area contributed by atoms with Gasteiger partial charge >= 0.3 is 5.97 Å². The molecule has 0 bridgehead atoms. The maximum atomic E-state index is 11.4. The fourth-order valence-corrected chi connectivity index (χ4v) is 0.954. The van der Waals surface area contributed by atoms with Crippen molar-refractivity contribution in [1.82, 2.24) is 0 Å². The summed E-state index contributed by atoms with van der Waals surface area (Å²) in [5, 5.41) is 14.0. The molecule has 1 rings (SSSR count). The third kappa shape index (κ3) is 3.97. The number of non-ortho nitro benzene ring substituents is 1. The van der Waals surface area contributed by atoms with Gasteiger partial charge in [0.05, 0.1) is 16.6 Å². The van der Waals surface area contributed by atoms with E-state index in [4.69, 9.17) is 0 Å². The SMILES string of the molecule is CC(C)(C)C(=O)O/N=C/c1ccc([N+](=O)[O-])cc1. The van der Waals surface area contributed by atoms with Gasteiger partial charge in [0.25, 0.3) is 5.69 Å². The Morgan fingerprint density at radius 1 is 1.33 bits per heavy atom. The van der Waals surface area contributed by atoms with Crippen LogP contribution in [0.3, 0.4) is 0 Å². The molecular weight excluding hydrogens is 236 g/mol. The van der Waals surface area contributed by atoms with Gasteiger partial charge < -0.3 is 4.84 Å². The lowest BCUT2D eigenvalue weighted by atomic mass is 9.98. The summed E-state index contributed by atoms with van der Waals surface area (Å²) in [5.74, 6) is -0.444. The average molecular weight is 250 g/mol. The van der Waals surface area contributed by atoms with Crippen molar-refractivity contribution in [2.75, 3.05) is 0 Å². The molecule has 96 valence electrons. The van der Waals surface area contributed by atoms with Crippen molar-refractivity contribution in [2.24, 2.45) is 10.6 Å². The number of benzene rings is 1. The van der Waals surface area contributed by atoms with Gasteiger partial charge in [-0.1, -0.05) is 5.16 Å². The Labute approximate surface area is 104 Å². The summed E-state index contributed by atoms with van der Waals surface area (Å²) in [6.07, 6.45) is 1.33. The van der Waals surface area contributed by atoms with Crippen LogP contribution < -0.4 is 0 Å². The van der Waals surface area contributed by atoms with Crippen molar-refractivity contribution in [3.05, 3.63) is 39.9 Å². The Kier molecular flexibility index (Phi) is 4.14. The smallest absolute Gasteiger partial charge is 0.318 e. The third-order valence-electron chi connectivity index (χ3n) is 2.05. The monoisotopic (exact) mass is 250 g/mol. The molecule has 1 aromatic carbocycles. The van der Waals surface area contributed by atoms with Crippen molar-refractivity contribution in [3.8, 4) is 0 Å². The minimum Gasteiger partial charge on any atom is -0.318 e. The second-order valence-corrected chi connectivity index (χ2v) is 4.71. The van der Waals surface area contributed by atoms with Crippen LogP contribution in [0.2, 0.25) is 0 Å². The van der Waals surface area contributed by atoms with Gasteiger partial charge in [0.1, 0.15) is 0 Å². The van der Waals surface area contributed by atoms with Crippen LogP contribution in [0.15, 0.2) is 29.4 Å². The van der Waals surface area contributed by atoms with Crippen LogP contribution in [0.4, 0.5) is 5.69 Å². The zero-order valence-corrected chi connectivity index (χ0v) is 10.4. The number of carbonyl (C=O) groups excluding carboxylic acids is 1. The molecule has 6 heteroatoms. The summed E-state index contributed by atoms with van der Waals surface area (Å²) in [6, 6.07) is 5.75. The first-order valence-electron chi connectivity index (χ1n) is 5.30. The fourth-order valence-electron chi connectivity index (χ4n) is 0.954. The van der Waals surface area contributed by atoms with Crippen molar-refractivity contribution in [1.29, 1.82) is 0 Å². The number of carbonyl (C=O) groups is 1. The van der Waals surface area contributed by atoms with Gasteiger partial charge in [0.15, 0.2) is 0 Å². The predicted octanol–water partition coefficient (Wildman–Crippen LogP) is 2.52. The number of hydrogen-bond donors (Lipinski definition) is 0. The molecule has 0 fully saturated rings. The molecule has 0 saturated carbocycles. The van der Waals surface area contributed by atoms with E-state index in [1.807, 2.05) is 0 Å². The van der Waals surface area contributed by atoms with Gasteiger partial charge in [-0.2, -0.15) is 0 Å². The Hall–Kier alpha value is -2.24. The van der Waals surface area contributed by atoms with Crippen molar-refractivity contribution in [3.63, 3.8) is 0 Å². The van der Waals surface area contributed by atoms with E-state index in [1.165, 1.54) is 30.5 Å². The summed E-state index contributed by atoms with van der Waals surface area (Å²) in [7, 11) is 0. The Morgan fingerprint density at radius 2 is 1.89 bits per heavy atom. The molecule has 0 atom stereocenters. The highest BCUT2D eigenvalue weighted by molar-refractivity contribution is 5.81. The van der Waals surface area contributed by atoms with Crippen LogP contribution in [0.1, 0.15) is 26.3 Å². The fraction of sp³-hybridized carbons (Fsp3) is 0.333. The molecule has 0 aliphatic carbocycles. The van der Waals surface area contributed by atoms with E-state index in [0.29, 0.717) is 5.56 Å². The maximum Gasteiger partial charge on any atom is 0.340 e. The number of hydrogen-bond acceptors (Lipinski definition) is 5. The zero-order chi connectivity index (χ0) is 13.8. The maximum absolute atomic E-state index is 11.4. The first-order valence-corrected chi connectivity index (χ1v) is 5.30. The lowest BCUT2D eigenvalue weighted by Crippen LogP contribution is -2.21. The largest absolute Gasteiger partial charge is 0.340 e. The summed E-state index contributed by atoms with van der Waals surface area (Å²) in [5.41, 5.74) is -0.00607. The molecule has 0 aromatic heterocycles. The molecule has 0 heterocycles. The van der Waals surface area contributed by atoms with Gasteiger partial charge in [0, 0.05) is 12.1 Å². The second-order valence-electron chi connectivity index (χ2n) is 4.71. The van der Waals surface area contributed by atoms with Crippen LogP contribution in [-0.4, -0.2) is 17.1 Å². The lowest BCUT2D eigenvalue weighted by molar-refractivity contribution is -0.384. The predicted molar refractivity (Wildman–Crippen MR) is 66.2 cm³/mol. The first-order chi connectivity index (χ1) is 8.30. The van der Waals surface area contributed by atoms with E-state index >= 15 is 0 Å². The highest BCUT2D eigenvalue weighted by Gasteiger charge is 2.23. The van der Waals surface area contributed by atoms with Crippen LogP contribution in [0, 0.1) is 15.5 Å². The topological polar surface area (TPSA) is 81.8 Å². The van der Waals surface area contributed by atoms with E-state index in [0.717, 1.165) is 0 Å². The minimum absolute atomic E-state index is 0.00108. The molecule has 0 N–H and O–H groups in total. The quantitative estimate of drug-likeness (QED) is 0.357. The number of nitrogens with zero attached hydrogens (tertiary/aromatic N) is 2. The van der Waals surface area contributed by atoms with Crippen LogP contribution in [0.25, 0.3) is 0 Å². The van der Waals surface area contributed by atoms with Crippen molar-refractivity contribution < 1.29 is 14.6 Å². The van der Waals surface area contributed by atoms with Crippen LogP contribution in [-0.2, 0) is 9.63 Å². The Morgan fingerprint density at radius 3 is 2.33 bits per heavy atom. The molecule has 0 saturated heterocycles. The standard InChI is InChI=1S/C12H14N2O4/c1-12(2,3)11(15)18-13-8-9-4-6-10(7-5-9)14(16)17/h4-8H,1-3H3/b13-8+. The summed E-state index contributed by atoms with van der Waals surface area (Å²) in [6.45, 7) is 5.16. The zero-order valence-electron chi connectivity index (χ0n) is 10.4.